The Morgan fingerprint density at radius 2 is 1.74 bits per heavy atom. The van der Waals surface area contributed by atoms with Crippen LogP contribution in [0.2, 0.25) is 10.0 Å². The molecule has 0 aliphatic rings. The number of hydrogen-bond donors (Lipinski definition) is 1. The van der Waals surface area contributed by atoms with Crippen LogP contribution in [0.4, 0.5) is 13.2 Å². The number of halogens is 5. The van der Waals surface area contributed by atoms with Crippen LogP contribution >= 0.6 is 23.2 Å². The molecular weight excluding hydrogens is 560 g/mol. The highest BCUT2D eigenvalue weighted by atomic mass is 35.5. The van der Waals surface area contributed by atoms with Gasteiger partial charge in [0.05, 0.1) is 23.6 Å². The van der Waals surface area contributed by atoms with Crippen molar-refractivity contribution in [2.45, 2.75) is 19.5 Å². The van der Waals surface area contributed by atoms with Gasteiger partial charge in [0, 0.05) is 16.1 Å². The number of benzene rings is 3. The largest absolute Gasteiger partial charge is 0.481 e. The maximum atomic E-state index is 13.9. The third-order valence-corrected chi connectivity index (χ3v) is 6.06. The van der Waals surface area contributed by atoms with Gasteiger partial charge in [0.25, 0.3) is 5.91 Å². The van der Waals surface area contributed by atoms with Crippen molar-refractivity contribution < 1.29 is 37.2 Å². The molecule has 0 unspecified atom stereocenters. The van der Waals surface area contributed by atoms with Crippen molar-refractivity contribution in [3.63, 3.8) is 0 Å². The molecule has 202 valence electrons. The Kier molecular flexibility index (Phi) is 8.17. The molecule has 3 aromatic carbocycles. The smallest absolute Gasteiger partial charge is 0.416 e. The minimum absolute atomic E-state index is 0.00347. The number of carboxylic acid groups (broad SMARTS) is 1. The molecule has 7 nitrogen and oxygen atoms in total. The number of carbonyl (C=O) groups excluding carboxylic acids is 1. The Hall–Kier alpha value is -4.02. The molecule has 0 aliphatic carbocycles. The molecular formula is C27H19Cl2F3N2O5. The standard InChI is InChI=1S/C27H19Cl2F3N2O5/c1-2-34(39-21-10-9-19(28)14-20(21)29)26(37)23-24(16-6-3-5-15(11-16)12-22(35)36)33-38-25(23)17-7-4-8-18(13-17)27(30,31)32/h3-11,13-14H,2,12H2,1H3,(H,35,36). The van der Waals surface area contributed by atoms with Gasteiger partial charge < -0.3 is 14.5 Å². The first-order chi connectivity index (χ1) is 18.5. The summed E-state index contributed by atoms with van der Waals surface area (Å²) in [5.74, 6) is -1.97. The molecule has 0 aliphatic heterocycles. The number of nitrogens with zero attached hydrogens (tertiary/aromatic N) is 2. The van der Waals surface area contributed by atoms with Crippen molar-refractivity contribution in [2.24, 2.45) is 0 Å². The highest BCUT2D eigenvalue weighted by Gasteiger charge is 2.33. The second-order valence-corrected chi connectivity index (χ2v) is 9.09. The predicted molar refractivity (Wildman–Crippen MR) is 138 cm³/mol. The van der Waals surface area contributed by atoms with Crippen LogP contribution in [0.25, 0.3) is 22.6 Å². The van der Waals surface area contributed by atoms with Crippen molar-refractivity contribution >= 4 is 35.1 Å². The van der Waals surface area contributed by atoms with Gasteiger partial charge in [-0.05, 0) is 48.9 Å². The van der Waals surface area contributed by atoms with Crippen LogP contribution in [0, 0.1) is 0 Å². The van der Waals surface area contributed by atoms with E-state index in [2.05, 4.69) is 5.16 Å². The number of carboxylic acids is 1. The second-order valence-electron chi connectivity index (χ2n) is 8.25. The molecule has 1 N–H and O–H groups in total. The van der Waals surface area contributed by atoms with Crippen LogP contribution in [0.3, 0.4) is 0 Å². The summed E-state index contributed by atoms with van der Waals surface area (Å²) in [6.07, 6.45) is -4.94. The molecule has 0 spiro atoms. The average Bonchev–Trinajstić information content (AvgIpc) is 3.33. The van der Waals surface area contributed by atoms with E-state index in [-0.39, 0.29) is 46.3 Å². The Morgan fingerprint density at radius 1 is 1.03 bits per heavy atom. The highest BCUT2D eigenvalue weighted by Crippen LogP contribution is 2.37. The number of hydrogen-bond acceptors (Lipinski definition) is 5. The first-order valence-corrected chi connectivity index (χ1v) is 12.2. The van der Waals surface area contributed by atoms with Gasteiger partial charge in [-0.3, -0.25) is 9.59 Å². The number of amides is 1. The minimum Gasteiger partial charge on any atom is -0.481 e. The van der Waals surface area contributed by atoms with Crippen molar-refractivity contribution in [3.05, 3.63) is 93.5 Å². The van der Waals surface area contributed by atoms with Gasteiger partial charge >= 0.3 is 12.1 Å². The molecule has 1 aromatic heterocycles. The van der Waals surface area contributed by atoms with Gasteiger partial charge in [-0.15, -0.1) is 0 Å². The monoisotopic (exact) mass is 578 g/mol. The van der Waals surface area contributed by atoms with Gasteiger partial charge in [-0.1, -0.05) is 58.7 Å². The van der Waals surface area contributed by atoms with Crippen molar-refractivity contribution in [3.8, 4) is 28.3 Å². The summed E-state index contributed by atoms with van der Waals surface area (Å²) in [6, 6.07) is 14.9. The Balaban J connectivity index is 1.85. The summed E-state index contributed by atoms with van der Waals surface area (Å²) in [6.45, 7) is 1.62. The van der Waals surface area contributed by atoms with Gasteiger partial charge in [0.2, 0.25) is 0 Å². The van der Waals surface area contributed by atoms with E-state index in [1.807, 2.05) is 0 Å². The van der Waals surface area contributed by atoms with Crippen LogP contribution in [0.15, 0.2) is 71.3 Å². The number of alkyl halides is 3. The van der Waals surface area contributed by atoms with Gasteiger partial charge in [-0.25, -0.2) is 0 Å². The topological polar surface area (TPSA) is 92.9 Å². The summed E-state index contributed by atoms with van der Waals surface area (Å²) in [5.41, 5.74) is -0.457. The summed E-state index contributed by atoms with van der Waals surface area (Å²) in [7, 11) is 0. The summed E-state index contributed by atoms with van der Waals surface area (Å²) in [4.78, 5) is 30.8. The SMILES string of the molecule is CCN(Oc1ccc(Cl)cc1Cl)C(=O)c1c(-c2cccc(CC(=O)O)c2)noc1-c1cccc(C(F)(F)F)c1. The molecule has 0 atom stereocenters. The molecule has 1 amide bonds. The highest BCUT2D eigenvalue weighted by molar-refractivity contribution is 6.35. The molecule has 0 saturated carbocycles. The van der Waals surface area contributed by atoms with Crippen LogP contribution in [0.1, 0.15) is 28.4 Å². The molecule has 0 radical (unpaired) electrons. The summed E-state index contributed by atoms with van der Waals surface area (Å²) >= 11 is 12.1. The van der Waals surface area contributed by atoms with E-state index in [1.165, 1.54) is 36.4 Å². The van der Waals surface area contributed by atoms with Crippen molar-refractivity contribution in [1.82, 2.24) is 10.2 Å². The van der Waals surface area contributed by atoms with E-state index in [1.54, 1.807) is 25.1 Å². The number of rotatable bonds is 8. The molecule has 0 fully saturated rings. The third kappa shape index (κ3) is 6.35. The molecule has 0 bridgehead atoms. The van der Waals surface area contributed by atoms with E-state index in [0.717, 1.165) is 17.2 Å². The van der Waals surface area contributed by atoms with Crippen LogP contribution in [0.5, 0.6) is 5.75 Å². The predicted octanol–water partition coefficient (Wildman–Crippen LogP) is 7.42. The molecule has 1 heterocycles. The second kappa shape index (κ2) is 11.4. The average molecular weight is 579 g/mol. The zero-order valence-corrected chi connectivity index (χ0v) is 21.6. The zero-order chi connectivity index (χ0) is 28.3. The van der Waals surface area contributed by atoms with Crippen molar-refractivity contribution in [1.29, 1.82) is 0 Å². The maximum absolute atomic E-state index is 13.9. The van der Waals surface area contributed by atoms with Gasteiger partial charge in [0.1, 0.15) is 11.3 Å². The van der Waals surface area contributed by atoms with E-state index in [0.29, 0.717) is 16.1 Å². The fraction of sp³-hybridized carbons (Fsp3) is 0.148. The summed E-state index contributed by atoms with van der Waals surface area (Å²) < 4.78 is 45.8. The Morgan fingerprint density at radius 3 is 2.41 bits per heavy atom. The van der Waals surface area contributed by atoms with Crippen LogP contribution < -0.4 is 4.84 Å². The third-order valence-electron chi connectivity index (χ3n) is 5.53. The molecule has 4 aromatic rings. The molecule has 0 saturated heterocycles. The van der Waals surface area contributed by atoms with E-state index < -0.39 is 23.6 Å². The normalized spacial score (nSPS) is 11.3. The molecule has 4 rings (SSSR count). The van der Waals surface area contributed by atoms with E-state index in [9.17, 15) is 27.9 Å². The Bertz CT molecular complexity index is 1540. The minimum atomic E-state index is -4.64. The first-order valence-electron chi connectivity index (χ1n) is 11.4. The first kappa shape index (κ1) is 28.0. The lowest BCUT2D eigenvalue weighted by atomic mass is 9.98. The molecule has 39 heavy (non-hydrogen) atoms. The number of carbonyl (C=O) groups is 2. The number of aromatic nitrogens is 1. The lowest BCUT2D eigenvalue weighted by Gasteiger charge is -2.22. The number of aliphatic carboxylic acids is 1. The quantitative estimate of drug-likeness (QED) is 0.219. The van der Waals surface area contributed by atoms with Crippen LogP contribution in [-0.2, 0) is 17.4 Å². The van der Waals surface area contributed by atoms with Crippen LogP contribution in [-0.4, -0.2) is 33.7 Å². The molecule has 12 heteroatoms. The zero-order valence-electron chi connectivity index (χ0n) is 20.1. The van der Waals surface area contributed by atoms with Gasteiger partial charge in [0.15, 0.2) is 11.5 Å². The lowest BCUT2D eigenvalue weighted by molar-refractivity contribution is -0.138. The lowest BCUT2D eigenvalue weighted by Crippen LogP contribution is -2.34. The fourth-order valence-electron chi connectivity index (χ4n) is 3.76. The number of hydroxylamine groups is 2. The van der Waals surface area contributed by atoms with Crippen molar-refractivity contribution in [2.75, 3.05) is 6.54 Å². The maximum Gasteiger partial charge on any atom is 0.416 e. The summed E-state index contributed by atoms with van der Waals surface area (Å²) in [5, 5.41) is 14.6. The van der Waals surface area contributed by atoms with E-state index >= 15 is 0 Å². The Labute approximate surface area is 230 Å². The van der Waals surface area contributed by atoms with E-state index in [4.69, 9.17) is 32.6 Å². The fourth-order valence-corrected chi connectivity index (χ4v) is 4.21. The van der Waals surface area contributed by atoms with Gasteiger partial charge in [-0.2, -0.15) is 18.2 Å².